The molecule has 0 spiro atoms. The Morgan fingerprint density at radius 2 is 1.35 bits per heavy atom. The van der Waals surface area contributed by atoms with Gasteiger partial charge in [-0.1, -0.05) is 54.6 Å². The Hall–Kier alpha value is -4.94. The second kappa shape index (κ2) is 8.28. The molecule has 4 nitrogen and oxygen atoms in total. The molecule has 0 fully saturated rings. The van der Waals surface area contributed by atoms with Crippen molar-refractivity contribution in [2.45, 2.75) is 0 Å². The lowest BCUT2D eigenvalue weighted by molar-refractivity contribution is 0.464. The summed E-state index contributed by atoms with van der Waals surface area (Å²) >= 11 is 1.71. The lowest BCUT2D eigenvalue weighted by atomic mass is 9.34. The van der Waals surface area contributed by atoms with Gasteiger partial charge in [0, 0.05) is 28.2 Å². The van der Waals surface area contributed by atoms with Crippen LogP contribution in [0.15, 0.2) is 115 Å². The van der Waals surface area contributed by atoms with Gasteiger partial charge in [0.05, 0.1) is 15.9 Å². The number of rotatable bonds is 2. The van der Waals surface area contributed by atoms with E-state index >= 15 is 0 Å². The molecule has 7 aromatic rings. The number of benzene rings is 5. The number of nitrogens with zero attached hydrogens (tertiary/aromatic N) is 2. The molecule has 2 aliphatic heterocycles. The Labute approximate surface area is 234 Å². The highest BCUT2D eigenvalue weighted by Crippen LogP contribution is 2.38. The van der Waals surface area contributed by atoms with Crippen LogP contribution in [0.4, 0.5) is 0 Å². The summed E-state index contributed by atoms with van der Waals surface area (Å²) in [4.78, 5) is 9.73. The minimum atomic E-state index is -0.0389. The van der Waals surface area contributed by atoms with E-state index in [2.05, 4.69) is 84.9 Å². The van der Waals surface area contributed by atoms with Crippen molar-refractivity contribution in [1.29, 1.82) is 0 Å². The van der Waals surface area contributed by atoms with E-state index in [0.717, 1.165) is 72.1 Å². The fourth-order valence-electron chi connectivity index (χ4n) is 6.06. The number of hydrogen-bond donors (Lipinski definition) is 0. The van der Waals surface area contributed by atoms with Gasteiger partial charge < -0.3 is 9.47 Å². The van der Waals surface area contributed by atoms with Crippen LogP contribution in [0.25, 0.3) is 42.8 Å². The highest BCUT2D eigenvalue weighted by Gasteiger charge is 2.40. The van der Waals surface area contributed by atoms with E-state index in [0.29, 0.717) is 0 Å². The summed E-state index contributed by atoms with van der Waals surface area (Å²) in [7, 11) is 0. The largest absolute Gasteiger partial charge is 0.458 e. The number of para-hydroxylation sites is 1. The molecule has 0 aliphatic carbocycles. The SMILES string of the molecule is c1cc2c3c(c1)Oc1ccc(-c4nccc5ccccc45)cc1B3c1cc(-c3nc4ccccc4s3)ccc1O2. The number of ether oxygens (including phenoxy) is 2. The summed E-state index contributed by atoms with van der Waals surface area (Å²) in [6.45, 7) is -0.0389. The lowest BCUT2D eigenvalue weighted by Gasteiger charge is -2.33. The van der Waals surface area contributed by atoms with E-state index in [1.807, 2.05) is 30.5 Å². The normalized spacial score (nSPS) is 12.8. The Balaban J connectivity index is 1.26. The molecule has 9 rings (SSSR count). The van der Waals surface area contributed by atoms with Crippen molar-refractivity contribution >= 4 is 55.4 Å². The molecule has 0 radical (unpaired) electrons. The second-order valence-corrected chi connectivity index (χ2v) is 11.2. The molecule has 0 saturated heterocycles. The zero-order valence-electron chi connectivity index (χ0n) is 21.2. The molecule has 0 amide bonds. The van der Waals surface area contributed by atoms with Crippen molar-refractivity contribution in [2.24, 2.45) is 0 Å². The topological polar surface area (TPSA) is 44.2 Å². The van der Waals surface area contributed by atoms with Crippen LogP contribution in [0.1, 0.15) is 0 Å². The number of hydrogen-bond acceptors (Lipinski definition) is 5. The number of fused-ring (bicyclic) bond motifs is 6. The van der Waals surface area contributed by atoms with Crippen LogP contribution in [0.5, 0.6) is 23.0 Å². The molecule has 0 atom stereocenters. The maximum Gasteiger partial charge on any atom is 0.260 e. The maximum atomic E-state index is 6.46. The Kier molecular flexibility index (Phi) is 4.54. The summed E-state index contributed by atoms with van der Waals surface area (Å²) in [5.41, 5.74) is 7.43. The first-order valence-corrected chi connectivity index (χ1v) is 14.1. The Morgan fingerprint density at radius 1 is 0.625 bits per heavy atom. The minimum absolute atomic E-state index is 0.0389. The maximum absolute atomic E-state index is 6.46. The summed E-state index contributed by atoms with van der Waals surface area (Å²) in [5, 5.41) is 3.31. The van der Waals surface area contributed by atoms with E-state index in [4.69, 9.17) is 19.4 Å². The summed E-state index contributed by atoms with van der Waals surface area (Å²) in [6, 6.07) is 37.7. The van der Waals surface area contributed by atoms with Crippen molar-refractivity contribution in [3.8, 4) is 44.8 Å². The van der Waals surface area contributed by atoms with Crippen LogP contribution in [-0.2, 0) is 0 Å². The van der Waals surface area contributed by atoms with Gasteiger partial charge in [-0.2, -0.15) is 0 Å². The van der Waals surface area contributed by atoms with Crippen molar-refractivity contribution in [2.75, 3.05) is 0 Å². The third-order valence-corrected chi connectivity index (χ3v) is 8.97. The van der Waals surface area contributed by atoms with Gasteiger partial charge >= 0.3 is 0 Å². The summed E-state index contributed by atoms with van der Waals surface area (Å²) in [5.74, 6) is 3.39. The first-order valence-electron chi connectivity index (χ1n) is 13.3. The molecule has 0 unspecified atom stereocenters. The predicted molar refractivity (Wildman–Crippen MR) is 163 cm³/mol. The van der Waals surface area contributed by atoms with Crippen LogP contribution >= 0.6 is 11.3 Å². The van der Waals surface area contributed by atoms with Gasteiger partial charge in [-0.25, -0.2) is 4.98 Å². The molecule has 0 bridgehead atoms. The number of pyridine rings is 1. The zero-order chi connectivity index (χ0) is 26.2. The second-order valence-electron chi connectivity index (χ2n) is 10.2. The number of thiazole rings is 1. The van der Waals surface area contributed by atoms with Gasteiger partial charge in [-0.05, 0) is 70.9 Å². The molecule has 2 aromatic heterocycles. The van der Waals surface area contributed by atoms with Crippen LogP contribution in [0, 0.1) is 0 Å². The summed E-state index contributed by atoms with van der Waals surface area (Å²) < 4.78 is 14.1. The summed E-state index contributed by atoms with van der Waals surface area (Å²) in [6.07, 6.45) is 1.88. The average molecular weight is 530 g/mol. The van der Waals surface area contributed by atoms with Crippen molar-refractivity contribution in [3.63, 3.8) is 0 Å². The first-order chi connectivity index (χ1) is 19.8. The van der Waals surface area contributed by atoms with E-state index < -0.39 is 0 Å². The van der Waals surface area contributed by atoms with Crippen LogP contribution in [-0.4, -0.2) is 16.7 Å². The van der Waals surface area contributed by atoms with Crippen molar-refractivity contribution < 1.29 is 9.47 Å². The van der Waals surface area contributed by atoms with Crippen molar-refractivity contribution in [3.05, 3.63) is 115 Å². The third-order valence-electron chi connectivity index (χ3n) is 7.88. The van der Waals surface area contributed by atoms with E-state index in [-0.39, 0.29) is 6.71 Å². The monoisotopic (exact) mass is 530 g/mol. The lowest BCUT2D eigenvalue weighted by Crippen LogP contribution is -2.57. The van der Waals surface area contributed by atoms with E-state index in [9.17, 15) is 0 Å². The highest BCUT2D eigenvalue weighted by molar-refractivity contribution is 7.21. The third kappa shape index (κ3) is 3.20. The quantitative estimate of drug-likeness (QED) is 0.228. The molecular weight excluding hydrogens is 511 g/mol. The average Bonchev–Trinajstić information content (AvgIpc) is 3.45. The van der Waals surface area contributed by atoms with Crippen LogP contribution < -0.4 is 25.9 Å². The van der Waals surface area contributed by atoms with Gasteiger partial charge in [0.1, 0.15) is 28.0 Å². The fraction of sp³-hybridized carbons (Fsp3) is 0. The molecule has 4 heterocycles. The van der Waals surface area contributed by atoms with Crippen LogP contribution in [0.3, 0.4) is 0 Å². The van der Waals surface area contributed by atoms with Crippen molar-refractivity contribution in [1.82, 2.24) is 9.97 Å². The van der Waals surface area contributed by atoms with E-state index in [1.54, 1.807) is 11.3 Å². The zero-order valence-corrected chi connectivity index (χ0v) is 22.0. The molecule has 6 heteroatoms. The molecule has 40 heavy (non-hydrogen) atoms. The smallest absolute Gasteiger partial charge is 0.260 e. The first kappa shape index (κ1) is 21.9. The molecular formula is C34H19BN2O2S. The van der Waals surface area contributed by atoms with Gasteiger partial charge in [0.15, 0.2) is 0 Å². The minimum Gasteiger partial charge on any atom is -0.458 e. The van der Waals surface area contributed by atoms with Gasteiger partial charge in [-0.3, -0.25) is 4.98 Å². The van der Waals surface area contributed by atoms with Gasteiger partial charge in [0.2, 0.25) is 0 Å². The van der Waals surface area contributed by atoms with Gasteiger partial charge in [0.25, 0.3) is 6.71 Å². The highest BCUT2D eigenvalue weighted by atomic mass is 32.1. The Morgan fingerprint density at radius 3 is 2.17 bits per heavy atom. The Bertz CT molecular complexity index is 2100. The van der Waals surface area contributed by atoms with E-state index in [1.165, 1.54) is 10.1 Å². The van der Waals surface area contributed by atoms with Gasteiger partial charge in [-0.15, -0.1) is 11.3 Å². The molecule has 5 aromatic carbocycles. The standard InChI is InChI=1S/C34H19BN2O2S/c1-2-7-23-20(6-1)16-17-36-33(23)21-12-14-27-24(18-21)35-25-19-22(34-37-26-8-3-4-11-31(26)40-34)13-15-28(25)39-30-10-5-9-29(38-27)32(30)35/h1-19H. The molecule has 186 valence electrons. The number of aromatic nitrogens is 2. The molecule has 2 aliphatic rings. The fourth-order valence-corrected chi connectivity index (χ4v) is 7.02. The predicted octanol–water partition coefficient (Wildman–Crippen LogP) is 6.91. The molecule has 0 N–H and O–H groups in total. The van der Waals surface area contributed by atoms with Crippen LogP contribution in [0.2, 0.25) is 0 Å². The molecule has 0 saturated carbocycles.